The Balaban J connectivity index is 2.02. The number of hydrogen-bond acceptors (Lipinski definition) is 4. The highest BCUT2D eigenvalue weighted by Gasteiger charge is 2.13. The SMILES string of the molecule is Cc1coc(-c2ccc3c(n2)CCCN3)n1. The molecule has 82 valence electrons. The third-order valence-electron chi connectivity index (χ3n) is 2.72. The number of fused-ring (bicyclic) bond motifs is 1. The maximum absolute atomic E-state index is 5.35. The van der Waals surface area contributed by atoms with E-state index in [0.29, 0.717) is 5.89 Å². The number of rotatable bonds is 1. The standard InChI is InChI=1S/C12H13N3O/c1-8-7-16-12(14-8)11-5-4-9-10(15-11)3-2-6-13-9/h4-5,7,13H,2-3,6H2,1H3. The quantitative estimate of drug-likeness (QED) is 0.793. The fraction of sp³-hybridized carbons (Fsp3) is 0.333. The minimum absolute atomic E-state index is 0.603. The Labute approximate surface area is 93.7 Å². The molecule has 1 aliphatic rings. The van der Waals surface area contributed by atoms with Crippen molar-refractivity contribution < 1.29 is 4.42 Å². The van der Waals surface area contributed by atoms with Gasteiger partial charge in [-0.25, -0.2) is 9.97 Å². The summed E-state index contributed by atoms with van der Waals surface area (Å²) in [5.74, 6) is 0.603. The molecule has 2 aromatic rings. The second-order valence-corrected chi connectivity index (χ2v) is 4.02. The largest absolute Gasteiger partial charge is 0.443 e. The zero-order valence-corrected chi connectivity index (χ0v) is 9.16. The van der Waals surface area contributed by atoms with Gasteiger partial charge in [0.25, 0.3) is 0 Å². The van der Waals surface area contributed by atoms with Crippen molar-refractivity contribution in [3.05, 3.63) is 29.8 Å². The summed E-state index contributed by atoms with van der Waals surface area (Å²) in [7, 11) is 0. The molecule has 1 N–H and O–H groups in total. The lowest BCUT2D eigenvalue weighted by Crippen LogP contribution is -2.13. The van der Waals surface area contributed by atoms with Crippen LogP contribution < -0.4 is 5.32 Å². The van der Waals surface area contributed by atoms with Crippen LogP contribution in [0.1, 0.15) is 17.8 Å². The van der Waals surface area contributed by atoms with Crippen molar-refractivity contribution in [2.24, 2.45) is 0 Å². The predicted molar refractivity (Wildman–Crippen MR) is 61.3 cm³/mol. The fourth-order valence-corrected chi connectivity index (χ4v) is 1.92. The summed E-state index contributed by atoms with van der Waals surface area (Å²) in [6.45, 7) is 2.94. The highest BCUT2D eigenvalue weighted by molar-refractivity contribution is 5.57. The number of hydrogen-bond donors (Lipinski definition) is 1. The highest BCUT2D eigenvalue weighted by Crippen LogP contribution is 2.24. The first-order valence-electron chi connectivity index (χ1n) is 5.49. The van der Waals surface area contributed by atoms with Crippen molar-refractivity contribution in [1.82, 2.24) is 9.97 Å². The molecule has 0 unspecified atom stereocenters. The summed E-state index contributed by atoms with van der Waals surface area (Å²) in [5, 5.41) is 3.33. The molecule has 0 atom stereocenters. The molecule has 3 rings (SSSR count). The molecule has 0 bridgehead atoms. The van der Waals surface area contributed by atoms with E-state index in [9.17, 15) is 0 Å². The second-order valence-electron chi connectivity index (χ2n) is 4.02. The van der Waals surface area contributed by atoms with Crippen LogP contribution in [0.15, 0.2) is 22.8 Å². The van der Waals surface area contributed by atoms with Gasteiger partial charge in [0.2, 0.25) is 5.89 Å². The number of aromatic nitrogens is 2. The minimum atomic E-state index is 0.603. The van der Waals surface area contributed by atoms with Crippen molar-refractivity contribution in [2.45, 2.75) is 19.8 Å². The molecule has 0 amide bonds. The van der Waals surface area contributed by atoms with E-state index in [4.69, 9.17) is 4.42 Å². The lowest BCUT2D eigenvalue weighted by Gasteiger charge is -2.16. The van der Waals surface area contributed by atoms with E-state index in [0.717, 1.165) is 42.2 Å². The smallest absolute Gasteiger partial charge is 0.245 e. The Kier molecular flexibility index (Phi) is 2.13. The van der Waals surface area contributed by atoms with Crippen molar-refractivity contribution in [3.8, 4) is 11.6 Å². The van der Waals surface area contributed by atoms with Gasteiger partial charge in [0.15, 0.2) is 0 Å². The van der Waals surface area contributed by atoms with E-state index in [1.165, 1.54) is 0 Å². The molecule has 16 heavy (non-hydrogen) atoms. The van der Waals surface area contributed by atoms with Crippen LogP contribution >= 0.6 is 0 Å². The number of pyridine rings is 1. The average Bonchev–Trinajstić information content (AvgIpc) is 2.75. The Morgan fingerprint density at radius 3 is 3.06 bits per heavy atom. The van der Waals surface area contributed by atoms with Gasteiger partial charge in [0.1, 0.15) is 12.0 Å². The van der Waals surface area contributed by atoms with Gasteiger partial charge < -0.3 is 9.73 Å². The van der Waals surface area contributed by atoms with E-state index < -0.39 is 0 Å². The fourth-order valence-electron chi connectivity index (χ4n) is 1.92. The molecular formula is C12H13N3O. The van der Waals surface area contributed by atoms with Gasteiger partial charge in [-0.2, -0.15) is 0 Å². The topological polar surface area (TPSA) is 51.0 Å². The van der Waals surface area contributed by atoms with Gasteiger partial charge in [-0.3, -0.25) is 0 Å². The normalized spacial score (nSPS) is 14.3. The lowest BCUT2D eigenvalue weighted by molar-refractivity contribution is 0.570. The molecular weight excluding hydrogens is 202 g/mol. The summed E-state index contributed by atoms with van der Waals surface area (Å²) in [6.07, 6.45) is 3.80. The molecule has 4 nitrogen and oxygen atoms in total. The maximum Gasteiger partial charge on any atom is 0.245 e. The number of aryl methyl sites for hydroxylation is 2. The molecule has 4 heteroatoms. The molecule has 0 radical (unpaired) electrons. The Morgan fingerprint density at radius 1 is 1.31 bits per heavy atom. The monoisotopic (exact) mass is 215 g/mol. The van der Waals surface area contributed by atoms with Crippen LogP contribution in [0.5, 0.6) is 0 Å². The number of nitrogens with zero attached hydrogens (tertiary/aromatic N) is 2. The van der Waals surface area contributed by atoms with Crippen LogP contribution in [0.25, 0.3) is 11.6 Å². The molecule has 0 spiro atoms. The van der Waals surface area contributed by atoms with Crippen molar-refractivity contribution in [1.29, 1.82) is 0 Å². The van der Waals surface area contributed by atoms with Crippen LogP contribution in [0.3, 0.4) is 0 Å². The van der Waals surface area contributed by atoms with E-state index >= 15 is 0 Å². The van der Waals surface area contributed by atoms with Gasteiger partial charge in [-0.1, -0.05) is 0 Å². The van der Waals surface area contributed by atoms with E-state index in [-0.39, 0.29) is 0 Å². The summed E-state index contributed by atoms with van der Waals surface area (Å²) >= 11 is 0. The first kappa shape index (κ1) is 9.39. The predicted octanol–water partition coefficient (Wildman–Crippen LogP) is 2.40. The van der Waals surface area contributed by atoms with Gasteiger partial charge >= 0.3 is 0 Å². The van der Waals surface area contributed by atoms with Crippen LogP contribution in [-0.2, 0) is 6.42 Å². The maximum atomic E-state index is 5.35. The van der Waals surface area contributed by atoms with Gasteiger partial charge in [-0.15, -0.1) is 0 Å². The number of oxazole rings is 1. The molecule has 0 fully saturated rings. The Morgan fingerprint density at radius 2 is 2.25 bits per heavy atom. The first-order valence-corrected chi connectivity index (χ1v) is 5.49. The molecule has 2 aromatic heterocycles. The number of anilines is 1. The molecule has 1 aliphatic heterocycles. The van der Waals surface area contributed by atoms with Crippen LogP contribution in [0, 0.1) is 6.92 Å². The molecule has 0 saturated carbocycles. The van der Waals surface area contributed by atoms with E-state index in [1.54, 1.807) is 6.26 Å². The van der Waals surface area contributed by atoms with Gasteiger partial charge in [-0.05, 0) is 31.9 Å². The molecule has 3 heterocycles. The summed E-state index contributed by atoms with van der Waals surface area (Å²) in [4.78, 5) is 8.86. The summed E-state index contributed by atoms with van der Waals surface area (Å²) in [6, 6.07) is 4.00. The van der Waals surface area contributed by atoms with Gasteiger partial charge in [0, 0.05) is 6.54 Å². The molecule has 0 aliphatic carbocycles. The van der Waals surface area contributed by atoms with Crippen molar-refractivity contribution in [2.75, 3.05) is 11.9 Å². The van der Waals surface area contributed by atoms with Crippen LogP contribution in [0.4, 0.5) is 5.69 Å². The minimum Gasteiger partial charge on any atom is -0.443 e. The number of nitrogens with one attached hydrogen (secondary N) is 1. The van der Waals surface area contributed by atoms with Gasteiger partial charge in [0.05, 0.1) is 17.1 Å². The summed E-state index contributed by atoms with van der Waals surface area (Å²) < 4.78 is 5.35. The van der Waals surface area contributed by atoms with E-state index in [1.807, 2.05) is 13.0 Å². The average molecular weight is 215 g/mol. The van der Waals surface area contributed by atoms with Crippen molar-refractivity contribution >= 4 is 5.69 Å². The third-order valence-corrected chi connectivity index (χ3v) is 2.72. The Bertz CT molecular complexity index is 519. The van der Waals surface area contributed by atoms with Crippen LogP contribution in [-0.4, -0.2) is 16.5 Å². The van der Waals surface area contributed by atoms with Crippen LogP contribution in [0.2, 0.25) is 0 Å². The lowest BCUT2D eigenvalue weighted by atomic mass is 10.1. The second kappa shape index (κ2) is 3.63. The molecule has 0 aromatic carbocycles. The Hall–Kier alpha value is -1.84. The summed E-state index contributed by atoms with van der Waals surface area (Å²) in [5.41, 5.74) is 3.95. The zero-order valence-electron chi connectivity index (χ0n) is 9.16. The molecule has 0 saturated heterocycles. The first-order chi connectivity index (χ1) is 7.83. The third kappa shape index (κ3) is 1.56. The van der Waals surface area contributed by atoms with E-state index in [2.05, 4.69) is 21.4 Å². The highest BCUT2D eigenvalue weighted by atomic mass is 16.3. The zero-order chi connectivity index (χ0) is 11.0. The van der Waals surface area contributed by atoms with Crippen molar-refractivity contribution in [3.63, 3.8) is 0 Å².